The van der Waals surface area contributed by atoms with E-state index in [0.717, 1.165) is 5.69 Å². The van der Waals surface area contributed by atoms with Crippen LogP contribution < -0.4 is 10.2 Å². The van der Waals surface area contributed by atoms with E-state index in [0.29, 0.717) is 22.2 Å². The van der Waals surface area contributed by atoms with Crippen molar-refractivity contribution in [2.45, 2.75) is 6.92 Å². The Morgan fingerprint density at radius 3 is 2.45 bits per heavy atom. The fraction of sp³-hybridized carbons (Fsp3) is 0.125. The summed E-state index contributed by atoms with van der Waals surface area (Å²) in [6.07, 6.45) is 0. The molecule has 1 amide bonds. The number of nitrogens with one attached hydrogen (secondary N) is 1. The first-order valence-electron chi connectivity index (χ1n) is 6.66. The first-order chi connectivity index (χ1) is 10.5. The molecule has 0 aliphatic rings. The molecular weight excluding hydrogens is 339 g/mol. The second-order valence-electron chi connectivity index (χ2n) is 4.46. The molecule has 0 atom stereocenters. The minimum Gasteiger partial charge on any atom is -0.319 e. The Bertz CT molecular complexity index is 692. The number of carbonyl (C=O) groups excluding carboxylic acids is 1. The molecule has 1 N–H and O–H groups in total. The molecule has 0 bridgehead atoms. The van der Waals surface area contributed by atoms with Gasteiger partial charge in [0.05, 0.1) is 10.6 Å². The number of hydrogen-bond donors (Lipinski definition) is 1. The molecule has 0 aromatic heterocycles. The van der Waals surface area contributed by atoms with Crippen molar-refractivity contribution in [2.75, 3.05) is 11.4 Å². The summed E-state index contributed by atoms with van der Waals surface area (Å²) in [4.78, 5) is 14.1. The molecule has 114 valence electrons. The molecule has 3 nitrogen and oxygen atoms in total. The Hall–Kier alpha value is -1.62. The second-order valence-corrected chi connectivity index (χ2v) is 5.69. The van der Waals surface area contributed by atoms with Gasteiger partial charge in [0.2, 0.25) is 0 Å². The lowest BCUT2D eigenvalue weighted by molar-refractivity contribution is 0.0977. The summed E-state index contributed by atoms with van der Waals surface area (Å²) in [7, 11) is 0. The largest absolute Gasteiger partial charge is 0.319 e. The van der Waals surface area contributed by atoms with Gasteiger partial charge in [-0.3, -0.25) is 10.1 Å². The van der Waals surface area contributed by atoms with Crippen LogP contribution in [0.25, 0.3) is 0 Å². The van der Waals surface area contributed by atoms with Crippen molar-refractivity contribution in [3.05, 3.63) is 64.1 Å². The van der Waals surface area contributed by atoms with Crippen LogP contribution >= 0.6 is 35.4 Å². The molecule has 0 heterocycles. The van der Waals surface area contributed by atoms with E-state index in [4.69, 9.17) is 35.4 Å². The second kappa shape index (κ2) is 7.58. The van der Waals surface area contributed by atoms with Crippen LogP contribution in [-0.4, -0.2) is 17.6 Å². The minimum atomic E-state index is -0.360. The fourth-order valence-electron chi connectivity index (χ4n) is 1.96. The standard InChI is InChI=1S/C16H14Cl2N2OS/c1-2-20(12-6-4-3-5-7-12)16(22)19-15(21)13-9-8-11(17)10-14(13)18/h3-10H,2H2,1H3,(H,19,21,22). The van der Waals surface area contributed by atoms with Gasteiger partial charge in [-0.1, -0.05) is 41.4 Å². The molecule has 2 aromatic rings. The highest BCUT2D eigenvalue weighted by Gasteiger charge is 2.16. The highest BCUT2D eigenvalue weighted by atomic mass is 35.5. The summed E-state index contributed by atoms with van der Waals surface area (Å²) in [5.74, 6) is -0.360. The number of benzene rings is 2. The number of amides is 1. The fourth-order valence-corrected chi connectivity index (χ4v) is 2.78. The van der Waals surface area contributed by atoms with Crippen LogP contribution in [0, 0.1) is 0 Å². The molecule has 2 rings (SSSR count). The third kappa shape index (κ3) is 3.97. The number of para-hydroxylation sites is 1. The summed E-state index contributed by atoms with van der Waals surface area (Å²) in [6, 6.07) is 14.3. The predicted octanol–water partition coefficient (Wildman–Crippen LogP) is 4.53. The number of hydrogen-bond acceptors (Lipinski definition) is 2. The Morgan fingerprint density at radius 1 is 1.18 bits per heavy atom. The van der Waals surface area contributed by atoms with E-state index in [1.807, 2.05) is 42.2 Å². The summed E-state index contributed by atoms with van der Waals surface area (Å²) < 4.78 is 0. The number of anilines is 1. The Kier molecular flexibility index (Phi) is 5.77. The molecule has 0 unspecified atom stereocenters. The molecule has 0 fully saturated rings. The Labute approximate surface area is 144 Å². The number of thiocarbonyl (C=S) groups is 1. The van der Waals surface area contributed by atoms with Gasteiger partial charge in [0.1, 0.15) is 0 Å². The molecule has 0 spiro atoms. The molecule has 0 aliphatic carbocycles. The van der Waals surface area contributed by atoms with Crippen molar-refractivity contribution in [1.29, 1.82) is 0 Å². The van der Waals surface area contributed by atoms with Crippen molar-refractivity contribution in [1.82, 2.24) is 5.32 Å². The van der Waals surface area contributed by atoms with Crippen LogP contribution in [-0.2, 0) is 0 Å². The minimum absolute atomic E-state index is 0.288. The molecule has 2 aromatic carbocycles. The first kappa shape index (κ1) is 16.7. The van der Waals surface area contributed by atoms with Gasteiger partial charge in [-0.05, 0) is 49.5 Å². The van der Waals surface area contributed by atoms with Gasteiger partial charge in [-0.2, -0.15) is 0 Å². The number of carbonyl (C=O) groups is 1. The van der Waals surface area contributed by atoms with E-state index in [1.165, 1.54) is 6.07 Å². The lowest BCUT2D eigenvalue weighted by Crippen LogP contribution is -2.42. The van der Waals surface area contributed by atoms with Gasteiger partial charge in [-0.25, -0.2) is 0 Å². The lowest BCUT2D eigenvalue weighted by atomic mass is 10.2. The summed E-state index contributed by atoms with van der Waals surface area (Å²) >= 11 is 17.2. The van der Waals surface area contributed by atoms with E-state index in [9.17, 15) is 4.79 Å². The zero-order chi connectivity index (χ0) is 16.1. The van der Waals surface area contributed by atoms with Crippen LogP contribution in [0.4, 0.5) is 5.69 Å². The van der Waals surface area contributed by atoms with Crippen molar-refractivity contribution < 1.29 is 4.79 Å². The monoisotopic (exact) mass is 352 g/mol. The third-order valence-electron chi connectivity index (χ3n) is 3.03. The summed E-state index contributed by atoms with van der Waals surface area (Å²) in [6.45, 7) is 2.60. The van der Waals surface area contributed by atoms with Gasteiger partial charge in [0.25, 0.3) is 5.91 Å². The van der Waals surface area contributed by atoms with Gasteiger partial charge >= 0.3 is 0 Å². The zero-order valence-corrected chi connectivity index (χ0v) is 14.2. The normalized spacial score (nSPS) is 10.1. The van der Waals surface area contributed by atoms with Gasteiger partial charge in [0.15, 0.2) is 5.11 Å². The summed E-state index contributed by atoms with van der Waals surface area (Å²) in [5.41, 5.74) is 1.25. The summed E-state index contributed by atoms with van der Waals surface area (Å²) in [5, 5.41) is 3.78. The highest BCUT2D eigenvalue weighted by molar-refractivity contribution is 7.80. The van der Waals surface area contributed by atoms with E-state index in [1.54, 1.807) is 12.1 Å². The average Bonchev–Trinajstić information content (AvgIpc) is 2.48. The zero-order valence-electron chi connectivity index (χ0n) is 11.8. The maximum Gasteiger partial charge on any atom is 0.258 e. The van der Waals surface area contributed by atoms with Gasteiger partial charge in [-0.15, -0.1) is 0 Å². The van der Waals surface area contributed by atoms with Crippen molar-refractivity contribution in [2.24, 2.45) is 0 Å². The maximum absolute atomic E-state index is 12.3. The van der Waals surface area contributed by atoms with E-state index < -0.39 is 0 Å². The van der Waals surface area contributed by atoms with Crippen molar-refractivity contribution in [3.8, 4) is 0 Å². The molecule has 6 heteroatoms. The highest BCUT2D eigenvalue weighted by Crippen LogP contribution is 2.21. The molecule has 0 saturated heterocycles. The first-order valence-corrected chi connectivity index (χ1v) is 7.82. The molecule has 0 radical (unpaired) electrons. The topological polar surface area (TPSA) is 32.3 Å². The predicted molar refractivity (Wildman–Crippen MR) is 96.0 cm³/mol. The molecule has 0 aliphatic heterocycles. The van der Waals surface area contributed by atoms with Crippen LogP contribution in [0.1, 0.15) is 17.3 Å². The van der Waals surface area contributed by atoms with Gasteiger partial charge < -0.3 is 4.90 Å². The van der Waals surface area contributed by atoms with Crippen molar-refractivity contribution >= 4 is 52.1 Å². The molecule has 22 heavy (non-hydrogen) atoms. The van der Waals surface area contributed by atoms with E-state index in [2.05, 4.69) is 5.32 Å². The van der Waals surface area contributed by atoms with Crippen LogP contribution in [0.5, 0.6) is 0 Å². The number of nitrogens with zero attached hydrogens (tertiary/aromatic N) is 1. The SMILES string of the molecule is CCN(C(=S)NC(=O)c1ccc(Cl)cc1Cl)c1ccccc1. The average molecular weight is 353 g/mol. The Balaban J connectivity index is 2.15. The molecular formula is C16H14Cl2N2OS. The number of halogens is 2. The quantitative estimate of drug-likeness (QED) is 0.823. The maximum atomic E-state index is 12.3. The van der Waals surface area contributed by atoms with Crippen LogP contribution in [0.3, 0.4) is 0 Å². The number of rotatable bonds is 3. The van der Waals surface area contributed by atoms with E-state index in [-0.39, 0.29) is 10.9 Å². The molecule has 0 saturated carbocycles. The van der Waals surface area contributed by atoms with Crippen LogP contribution in [0.2, 0.25) is 10.0 Å². The smallest absolute Gasteiger partial charge is 0.258 e. The van der Waals surface area contributed by atoms with Crippen molar-refractivity contribution in [3.63, 3.8) is 0 Å². The Morgan fingerprint density at radius 2 is 1.86 bits per heavy atom. The lowest BCUT2D eigenvalue weighted by Gasteiger charge is -2.24. The van der Waals surface area contributed by atoms with Gasteiger partial charge in [0, 0.05) is 17.3 Å². The van der Waals surface area contributed by atoms with E-state index >= 15 is 0 Å². The third-order valence-corrected chi connectivity index (χ3v) is 3.90. The van der Waals surface area contributed by atoms with Crippen LogP contribution in [0.15, 0.2) is 48.5 Å².